The SMILES string of the molecule is COc1ccc(-c2cc(-c3cccc([N+](=O)[O-])c3)nc(NS(=O)(=O)c3c(=O)o[nH][n+]3-c3ccc(Cl)cc3)n2)cc1. The van der Waals surface area contributed by atoms with Gasteiger partial charge in [0, 0.05) is 40.4 Å². The number of hydrogen-bond donors (Lipinski definition) is 2. The van der Waals surface area contributed by atoms with Crippen LogP contribution in [-0.2, 0) is 10.0 Å². The van der Waals surface area contributed by atoms with E-state index in [4.69, 9.17) is 20.9 Å². The summed E-state index contributed by atoms with van der Waals surface area (Å²) in [5.74, 6) is 0.196. The summed E-state index contributed by atoms with van der Waals surface area (Å²) in [6.45, 7) is 0. The molecule has 202 valence electrons. The molecule has 0 saturated heterocycles. The van der Waals surface area contributed by atoms with Crippen LogP contribution in [0, 0.1) is 10.1 Å². The van der Waals surface area contributed by atoms with Gasteiger partial charge in [0.1, 0.15) is 5.75 Å². The molecule has 0 radical (unpaired) electrons. The standard InChI is InChI=1S/C25H17ClN6O7S/c1-38-20-11-5-15(6-12-20)21-14-22(16-3-2-4-19(13-16)32(34)35)28-25(27-21)29-40(36,37)23-24(33)39-30-31(23)18-9-7-17(26)8-10-18/h2-14H,1H3,(H-,27,28,29,30,33)/p+1. The zero-order valence-electron chi connectivity index (χ0n) is 20.4. The van der Waals surface area contributed by atoms with Crippen molar-refractivity contribution in [2.24, 2.45) is 0 Å². The van der Waals surface area contributed by atoms with Gasteiger partial charge in [0.05, 0.1) is 23.4 Å². The minimum absolute atomic E-state index is 0.182. The van der Waals surface area contributed by atoms with Crippen LogP contribution in [0.1, 0.15) is 0 Å². The highest BCUT2D eigenvalue weighted by Crippen LogP contribution is 2.29. The second-order valence-corrected chi connectivity index (χ2v) is 10.2. The highest BCUT2D eigenvalue weighted by Gasteiger charge is 2.37. The van der Waals surface area contributed by atoms with Crippen LogP contribution >= 0.6 is 11.6 Å². The average molecular weight is 582 g/mol. The van der Waals surface area contributed by atoms with Crippen molar-refractivity contribution in [3.8, 4) is 34.0 Å². The largest absolute Gasteiger partial charge is 0.497 e. The van der Waals surface area contributed by atoms with Crippen molar-refractivity contribution < 1.29 is 27.3 Å². The van der Waals surface area contributed by atoms with E-state index in [0.717, 1.165) is 4.68 Å². The molecule has 0 aliphatic carbocycles. The third-order valence-electron chi connectivity index (χ3n) is 5.64. The number of hydrogen-bond acceptors (Lipinski definition) is 9. The topological polar surface area (TPSA) is 174 Å². The smallest absolute Gasteiger partial charge is 0.449 e. The van der Waals surface area contributed by atoms with Crippen LogP contribution in [-0.4, -0.2) is 35.7 Å². The minimum atomic E-state index is -4.63. The molecule has 2 heterocycles. The number of sulfonamides is 1. The molecule has 15 heteroatoms. The molecule has 0 bridgehead atoms. The number of nitro groups is 1. The Bertz CT molecular complexity index is 1890. The first kappa shape index (κ1) is 26.5. The summed E-state index contributed by atoms with van der Waals surface area (Å²) in [6.07, 6.45) is 0. The van der Waals surface area contributed by atoms with Crippen molar-refractivity contribution in [2.45, 2.75) is 5.03 Å². The third kappa shape index (κ3) is 5.39. The zero-order valence-corrected chi connectivity index (χ0v) is 22.0. The van der Waals surface area contributed by atoms with Crippen molar-refractivity contribution in [1.29, 1.82) is 0 Å². The average Bonchev–Trinajstić information content (AvgIpc) is 3.35. The van der Waals surface area contributed by atoms with Gasteiger partial charge in [-0.05, 0) is 52.4 Å². The number of methoxy groups -OCH3 is 1. The highest BCUT2D eigenvalue weighted by atomic mass is 35.5. The summed E-state index contributed by atoms with van der Waals surface area (Å²) in [7, 11) is -3.12. The van der Waals surface area contributed by atoms with E-state index < -0.39 is 31.5 Å². The number of nitrogens with zero attached hydrogens (tertiary/aromatic N) is 4. The molecule has 3 aromatic carbocycles. The summed E-state index contributed by atoms with van der Waals surface area (Å²) in [6, 6.07) is 20.0. The van der Waals surface area contributed by atoms with Gasteiger partial charge in [-0.2, -0.15) is 8.42 Å². The lowest BCUT2D eigenvalue weighted by atomic mass is 10.1. The first-order valence-corrected chi connectivity index (χ1v) is 13.2. The number of aromatic nitrogens is 4. The van der Waals surface area contributed by atoms with Gasteiger partial charge in [-0.3, -0.25) is 14.6 Å². The number of non-ortho nitro benzene ring substituents is 1. The van der Waals surface area contributed by atoms with Gasteiger partial charge in [-0.15, -0.1) is 0 Å². The second-order valence-electron chi connectivity index (χ2n) is 8.20. The van der Waals surface area contributed by atoms with E-state index in [1.165, 1.54) is 49.6 Å². The molecule has 5 aromatic rings. The Morgan fingerprint density at radius 3 is 2.33 bits per heavy atom. The van der Waals surface area contributed by atoms with E-state index in [2.05, 4.69) is 20.0 Å². The number of aromatic amines is 1. The van der Waals surface area contributed by atoms with Crippen molar-refractivity contribution >= 4 is 33.3 Å². The third-order valence-corrected chi connectivity index (χ3v) is 7.20. The van der Waals surface area contributed by atoms with E-state index in [-0.39, 0.29) is 17.1 Å². The lowest BCUT2D eigenvalue weighted by molar-refractivity contribution is -0.705. The fraction of sp³-hybridized carbons (Fsp3) is 0.0400. The predicted octanol–water partition coefficient (Wildman–Crippen LogP) is 3.74. The highest BCUT2D eigenvalue weighted by molar-refractivity contribution is 7.92. The second kappa shape index (κ2) is 10.6. The molecule has 0 spiro atoms. The molecule has 0 aliphatic heterocycles. The van der Waals surface area contributed by atoms with Crippen LogP contribution in [0.15, 0.2) is 93.2 Å². The maximum atomic E-state index is 13.4. The molecular formula is C25H18ClN6O7S+. The lowest BCUT2D eigenvalue weighted by Crippen LogP contribution is -2.42. The van der Waals surface area contributed by atoms with Crippen LogP contribution in [0.3, 0.4) is 0 Å². The Balaban J connectivity index is 1.62. The Hall–Kier alpha value is -5.08. The monoisotopic (exact) mass is 581 g/mol. The Morgan fingerprint density at radius 2 is 1.68 bits per heavy atom. The zero-order chi connectivity index (χ0) is 28.4. The van der Waals surface area contributed by atoms with E-state index in [1.54, 1.807) is 36.4 Å². The van der Waals surface area contributed by atoms with Crippen LogP contribution in [0.2, 0.25) is 5.02 Å². The van der Waals surface area contributed by atoms with E-state index in [9.17, 15) is 23.3 Å². The molecule has 0 atom stereocenters. The van der Waals surface area contributed by atoms with Crippen molar-refractivity contribution in [1.82, 2.24) is 15.2 Å². The van der Waals surface area contributed by atoms with Gasteiger partial charge >= 0.3 is 20.7 Å². The summed E-state index contributed by atoms with van der Waals surface area (Å²) in [4.78, 5) is 31.9. The van der Waals surface area contributed by atoms with Gasteiger partial charge in [0.2, 0.25) is 11.6 Å². The number of H-pyrrole nitrogens is 1. The molecule has 0 aliphatic rings. The molecule has 0 unspecified atom stereocenters. The van der Waals surface area contributed by atoms with Crippen LogP contribution in [0.5, 0.6) is 5.75 Å². The van der Waals surface area contributed by atoms with E-state index in [1.807, 2.05) is 0 Å². The number of benzene rings is 3. The molecule has 2 aromatic heterocycles. The first-order chi connectivity index (χ1) is 19.1. The molecule has 0 amide bonds. The number of nitrogens with one attached hydrogen (secondary N) is 2. The van der Waals surface area contributed by atoms with Crippen molar-refractivity contribution in [3.63, 3.8) is 0 Å². The summed E-state index contributed by atoms with van der Waals surface area (Å²) < 4.78 is 40.0. The fourth-order valence-electron chi connectivity index (χ4n) is 3.75. The van der Waals surface area contributed by atoms with Crippen LogP contribution < -0.4 is 19.8 Å². The molecule has 0 fully saturated rings. The number of anilines is 1. The number of halogens is 1. The predicted molar refractivity (Wildman–Crippen MR) is 143 cm³/mol. The molecule has 13 nitrogen and oxygen atoms in total. The number of rotatable bonds is 8. The minimum Gasteiger partial charge on any atom is -0.497 e. The van der Waals surface area contributed by atoms with Gasteiger partial charge in [0.25, 0.3) is 5.69 Å². The fourth-order valence-corrected chi connectivity index (χ4v) is 4.95. The molecule has 0 saturated carbocycles. The number of ether oxygens (including phenoxy) is 1. The summed E-state index contributed by atoms with van der Waals surface area (Å²) in [5, 5.41) is 13.2. The van der Waals surface area contributed by atoms with Crippen molar-refractivity contribution in [3.05, 3.63) is 104 Å². The summed E-state index contributed by atoms with van der Waals surface area (Å²) in [5.41, 5.74) is 0.293. The normalized spacial score (nSPS) is 11.2. The maximum Gasteiger partial charge on any atom is 0.449 e. The molecule has 2 N–H and O–H groups in total. The summed E-state index contributed by atoms with van der Waals surface area (Å²) >= 11 is 5.92. The lowest BCUT2D eigenvalue weighted by Gasteiger charge is -2.10. The Morgan fingerprint density at radius 1 is 1.00 bits per heavy atom. The molecular weight excluding hydrogens is 564 g/mol. The van der Waals surface area contributed by atoms with Crippen LogP contribution in [0.4, 0.5) is 11.6 Å². The van der Waals surface area contributed by atoms with Gasteiger partial charge in [-0.25, -0.2) is 19.5 Å². The van der Waals surface area contributed by atoms with Gasteiger partial charge in [-0.1, -0.05) is 23.7 Å². The molecule has 5 rings (SSSR count). The van der Waals surface area contributed by atoms with Gasteiger partial charge in [0.15, 0.2) is 0 Å². The first-order valence-electron chi connectivity index (χ1n) is 11.4. The molecule has 40 heavy (non-hydrogen) atoms. The maximum absolute atomic E-state index is 13.4. The Kier molecular flexibility index (Phi) is 7.02. The van der Waals surface area contributed by atoms with Crippen molar-refractivity contribution in [2.75, 3.05) is 11.8 Å². The Labute approximate surface area is 230 Å². The van der Waals surface area contributed by atoms with Crippen LogP contribution in [0.25, 0.3) is 28.2 Å². The van der Waals surface area contributed by atoms with Gasteiger partial charge < -0.3 is 4.74 Å². The van der Waals surface area contributed by atoms with E-state index >= 15 is 0 Å². The quantitative estimate of drug-likeness (QED) is 0.157. The number of nitro benzene ring substituents is 1. The van der Waals surface area contributed by atoms with E-state index in [0.29, 0.717) is 27.6 Å².